The van der Waals surface area contributed by atoms with E-state index >= 15 is 0 Å². The highest BCUT2D eigenvalue weighted by molar-refractivity contribution is 5.99. The lowest BCUT2D eigenvalue weighted by molar-refractivity contribution is -0.111. The van der Waals surface area contributed by atoms with Crippen LogP contribution in [0.1, 0.15) is 12.6 Å². The zero-order valence-corrected chi connectivity index (χ0v) is 15.4. The Bertz CT molecular complexity index is 1180. The van der Waals surface area contributed by atoms with Crippen molar-refractivity contribution in [1.82, 2.24) is 19.9 Å². The fourth-order valence-electron chi connectivity index (χ4n) is 3.08. The lowest BCUT2D eigenvalue weighted by Gasteiger charge is -2.07. The molecule has 138 valence electrons. The first-order chi connectivity index (χ1) is 13.7. The first-order valence-electron chi connectivity index (χ1n) is 9.00. The number of fused-ring (bicyclic) bond motifs is 1. The van der Waals surface area contributed by atoms with Gasteiger partial charge in [-0.1, -0.05) is 25.6 Å². The highest BCUT2D eigenvalue weighted by atomic mass is 16.1. The molecule has 0 atom stereocenters. The number of aryl methyl sites for hydroxylation is 1. The van der Waals surface area contributed by atoms with Gasteiger partial charge in [0.1, 0.15) is 12.0 Å². The molecule has 0 spiro atoms. The Morgan fingerprint density at radius 2 is 2.07 bits per heavy atom. The van der Waals surface area contributed by atoms with Gasteiger partial charge in [-0.15, -0.1) is 0 Å². The highest BCUT2D eigenvalue weighted by Gasteiger charge is 2.11. The van der Waals surface area contributed by atoms with E-state index in [1.807, 2.05) is 42.7 Å². The monoisotopic (exact) mass is 369 g/mol. The van der Waals surface area contributed by atoms with Gasteiger partial charge >= 0.3 is 0 Å². The smallest absolute Gasteiger partial charge is 0.247 e. The van der Waals surface area contributed by atoms with E-state index in [1.54, 1.807) is 6.33 Å². The van der Waals surface area contributed by atoms with E-state index in [4.69, 9.17) is 0 Å². The zero-order chi connectivity index (χ0) is 19.5. The van der Waals surface area contributed by atoms with E-state index in [0.29, 0.717) is 5.69 Å². The normalized spacial score (nSPS) is 10.8. The average Bonchev–Trinajstić information content (AvgIpc) is 3.17. The van der Waals surface area contributed by atoms with E-state index in [0.717, 1.165) is 45.5 Å². The number of anilines is 1. The Labute approximate surface area is 162 Å². The number of nitrogens with one attached hydrogen (secondary N) is 2. The van der Waals surface area contributed by atoms with Crippen LogP contribution in [0.3, 0.4) is 0 Å². The van der Waals surface area contributed by atoms with Gasteiger partial charge in [-0.2, -0.15) is 0 Å². The van der Waals surface area contributed by atoms with E-state index in [2.05, 4.69) is 44.8 Å². The molecule has 1 aromatic carbocycles. The standard InChI is InChI=1S/C22H19N5O/c1-3-16-10-20(26-13-25-16)19-12-24-22-18(19)9-15(11-23-22)14-6-5-7-17(8-14)27-21(28)4-2/h4-13H,2-3H2,1H3,(H,23,24)(H,27,28). The summed E-state index contributed by atoms with van der Waals surface area (Å²) in [4.78, 5) is 28.0. The number of rotatable bonds is 5. The topological polar surface area (TPSA) is 83.6 Å². The number of nitrogens with zero attached hydrogens (tertiary/aromatic N) is 3. The van der Waals surface area contributed by atoms with Crippen molar-refractivity contribution in [3.05, 3.63) is 73.5 Å². The molecular weight excluding hydrogens is 350 g/mol. The van der Waals surface area contributed by atoms with Crippen LogP contribution in [0.2, 0.25) is 0 Å². The average molecular weight is 369 g/mol. The van der Waals surface area contributed by atoms with Crippen molar-refractivity contribution in [2.75, 3.05) is 5.32 Å². The molecule has 0 aliphatic heterocycles. The molecule has 0 saturated heterocycles. The first-order valence-corrected chi connectivity index (χ1v) is 9.00. The van der Waals surface area contributed by atoms with Crippen molar-refractivity contribution in [3.8, 4) is 22.4 Å². The summed E-state index contributed by atoms with van der Waals surface area (Å²) >= 11 is 0. The fraction of sp³-hybridized carbons (Fsp3) is 0.0909. The van der Waals surface area contributed by atoms with Crippen LogP contribution in [0.25, 0.3) is 33.4 Å². The van der Waals surface area contributed by atoms with E-state index in [9.17, 15) is 4.79 Å². The largest absolute Gasteiger partial charge is 0.345 e. The molecule has 4 aromatic rings. The van der Waals surface area contributed by atoms with Gasteiger partial charge < -0.3 is 10.3 Å². The number of benzene rings is 1. The van der Waals surface area contributed by atoms with Gasteiger partial charge in [0, 0.05) is 40.3 Å². The van der Waals surface area contributed by atoms with Crippen molar-refractivity contribution >= 4 is 22.6 Å². The molecule has 0 bridgehead atoms. The molecule has 0 unspecified atom stereocenters. The lowest BCUT2D eigenvalue weighted by Crippen LogP contribution is -2.06. The molecule has 0 radical (unpaired) electrons. The van der Waals surface area contributed by atoms with Gasteiger partial charge in [0.2, 0.25) is 5.91 Å². The van der Waals surface area contributed by atoms with Gasteiger partial charge in [-0.05, 0) is 42.3 Å². The van der Waals surface area contributed by atoms with Crippen LogP contribution in [0.5, 0.6) is 0 Å². The predicted octanol–water partition coefficient (Wildman–Crippen LogP) is 4.37. The van der Waals surface area contributed by atoms with Gasteiger partial charge in [0.25, 0.3) is 0 Å². The third-order valence-electron chi connectivity index (χ3n) is 4.54. The number of carbonyl (C=O) groups excluding carboxylic acids is 1. The summed E-state index contributed by atoms with van der Waals surface area (Å²) in [5.41, 5.74) is 6.26. The third kappa shape index (κ3) is 3.40. The molecular formula is C22H19N5O. The second-order valence-electron chi connectivity index (χ2n) is 6.34. The summed E-state index contributed by atoms with van der Waals surface area (Å²) in [5, 5.41) is 3.77. The molecule has 0 fully saturated rings. The van der Waals surface area contributed by atoms with Gasteiger partial charge in [-0.25, -0.2) is 15.0 Å². The van der Waals surface area contributed by atoms with Gasteiger partial charge in [-0.3, -0.25) is 4.79 Å². The summed E-state index contributed by atoms with van der Waals surface area (Å²) in [6, 6.07) is 11.7. The Kier molecular flexibility index (Phi) is 4.68. The predicted molar refractivity (Wildman–Crippen MR) is 111 cm³/mol. The zero-order valence-electron chi connectivity index (χ0n) is 15.4. The molecule has 0 aliphatic carbocycles. The van der Waals surface area contributed by atoms with Crippen molar-refractivity contribution in [3.63, 3.8) is 0 Å². The summed E-state index contributed by atoms with van der Waals surface area (Å²) in [5.74, 6) is -0.242. The van der Waals surface area contributed by atoms with Crippen LogP contribution >= 0.6 is 0 Å². The molecule has 6 nitrogen and oxygen atoms in total. The van der Waals surface area contributed by atoms with Crippen molar-refractivity contribution in [2.24, 2.45) is 0 Å². The van der Waals surface area contributed by atoms with Gasteiger partial charge in [0.15, 0.2) is 0 Å². The van der Waals surface area contributed by atoms with Crippen LogP contribution < -0.4 is 5.32 Å². The van der Waals surface area contributed by atoms with E-state index in [1.165, 1.54) is 6.08 Å². The van der Waals surface area contributed by atoms with Crippen LogP contribution in [0.15, 0.2) is 67.8 Å². The number of hydrogen-bond acceptors (Lipinski definition) is 4. The van der Waals surface area contributed by atoms with Crippen molar-refractivity contribution in [1.29, 1.82) is 0 Å². The fourth-order valence-corrected chi connectivity index (χ4v) is 3.08. The second kappa shape index (κ2) is 7.44. The Balaban J connectivity index is 1.77. The molecule has 6 heteroatoms. The van der Waals surface area contributed by atoms with Crippen molar-refractivity contribution < 1.29 is 4.79 Å². The quantitative estimate of drug-likeness (QED) is 0.512. The van der Waals surface area contributed by atoms with Gasteiger partial charge in [0.05, 0.1) is 5.69 Å². The van der Waals surface area contributed by atoms with Crippen LogP contribution in [-0.2, 0) is 11.2 Å². The first kappa shape index (κ1) is 17.6. The molecule has 3 heterocycles. The summed E-state index contributed by atoms with van der Waals surface area (Å²) in [7, 11) is 0. The summed E-state index contributed by atoms with van der Waals surface area (Å²) in [6.45, 7) is 5.55. The van der Waals surface area contributed by atoms with Crippen LogP contribution in [0.4, 0.5) is 5.69 Å². The number of hydrogen-bond donors (Lipinski definition) is 2. The minimum atomic E-state index is -0.242. The second-order valence-corrected chi connectivity index (χ2v) is 6.34. The Hall–Kier alpha value is -3.80. The van der Waals surface area contributed by atoms with Crippen molar-refractivity contribution in [2.45, 2.75) is 13.3 Å². The number of aromatic amines is 1. The number of carbonyl (C=O) groups is 1. The molecule has 2 N–H and O–H groups in total. The molecule has 3 aromatic heterocycles. The summed E-state index contributed by atoms with van der Waals surface area (Å²) < 4.78 is 0. The Morgan fingerprint density at radius 3 is 2.89 bits per heavy atom. The maximum absolute atomic E-state index is 11.6. The maximum atomic E-state index is 11.6. The Morgan fingerprint density at radius 1 is 1.18 bits per heavy atom. The highest BCUT2D eigenvalue weighted by Crippen LogP contribution is 2.31. The summed E-state index contributed by atoms with van der Waals surface area (Å²) in [6.07, 6.45) is 7.43. The number of pyridine rings is 1. The number of aromatic nitrogens is 4. The number of amides is 1. The SMILES string of the molecule is C=CC(=O)Nc1cccc(-c2cnc3[nH]cc(-c4cc(CC)ncn4)c3c2)c1. The van der Waals surface area contributed by atoms with Crippen LogP contribution in [-0.4, -0.2) is 25.8 Å². The number of H-pyrrole nitrogens is 1. The molecule has 0 aliphatic rings. The minimum absolute atomic E-state index is 0.242. The van der Waals surface area contributed by atoms with E-state index in [-0.39, 0.29) is 5.91 Å². The van der Waals surface area contributed by atoms with Crippen LogP contribution in [0, 0.1) is 0 Å². The minimum Gasteiger partial charge on any atom is -0.345 e. The van der Waals surface area contributed by atoms with E-state index < -0.39 is 0 Å². The maximum Gasteiger partial charge on any atom is 0.247 e. The molecule has 4 rings (SSSR count). The molecule has 1 amide bonds. The molecule has 0 saturated carbocycles. The molecule has 28 heavy (non-hydrogen) atoms. The third-order valence-corrected chi connectivity index (χ3v) is 4.54. The lowest BCUT2D eigenvalue weighted by atomic mass is 10.0.